The van der Waals surface area contributed by atoms with Gasteiger partial charge in [0.2, 0.25) is 0 Å². The molecule has 0 aliphatic carbocycles. The molecule has 0 radical (unpaired) electrons. The molecule has 0 aromatic heterocycles. The molecule has 1 saturated heterocycles. The van der Waals surface area contributed by atoms with Crippen LogP contribution < -0.4 is 5.32 Å². The predicted molar refractivity (Wildman–Crippen MR) is 81.5 cm³/mol. The molecule has 1 aliphatic rings. The van der Waals surface area contributed by atoms with Gasteiger partial charge in [0.1, 0.15) is 0 Å². The number of hydrogen-bond acceptors (Lipinski definition) is 3. The maximum atomic E-state index is 11.6. The third-order valence-corrected chi connectivity index (χ3v) is 7.14. The van der Waals surface area contributed by atoms with Crippen LogP contribution in [0.3, 0.4) is 0 Å². The van der Waals surface area contributed by atoms with Crippen molar-refractivity contribution in [3.63, 3.8) is 0 Å². The number of nitrogens with one attached hydrogen (secondary N) is 1. The first kappa shape index (κ1) is 16.2. The Kier molecular flexibility index (Phi) is 5.44. The average Bonchev–Trinajstić information content (AvgIpc) is 2.51. The minimum Gasteiger partial charge on any atom is -0.314 e. The van der Waals surface area contributed by atoms with Crippen LogP contribution in [0.5, 0.6) is 0 Å². The van der Waals surface area contributed by atoms with E-state index in [-0.39, 0.29) is 0 Å². The molecular weight excluding hydrogens is 262 g/mol. The molecule has 0 bridgehead atoms. The topological polar surface area (TPSA) is 46.2 Å². The first-order valence-electron chi connectivity index (χ1n) is 7.03. The molecule has 1 aliphatic heterocycles. The van der Waals surface area contributed by atoms with E-state index in [4.69, 9.17) is 0 Å². The Morgan fingerprint density at radius 2 is 1.89 bits per heavy atom. The van der Waals surface area contributed by atoms with Gasteiger partial charge in [-0.3, -0.25) is 0 Å². The molecule has 2 atom stereocenters. The van der Waals surface area contributed by atoms with E-state index in [1.807, 2.05) is 0 Å². The molecule has 1 N–H and O–H groups in total. The van der Waals surface area contributed by atoms with Crippen molar-refractivity contribution in [1.29, 1.82) is 0 Å². The Morgan fingerprint density at radius 3 is 2.28 bits per heavy atom. The van der Waals surface area contributed by atoms with Gasteiger partial charge in [0.15, 0.2) is 9.84 Å². The maximum Gasteiger partial charge on any atom is 0.150 e. The van der Waals surface area contributed by atoms with Crippen molar-refractivity contribution in [2.45, 2.75) is 52.0 Å². The zero-order chi connectivity index (χ0) is 14.0. The van der Waals surface area contributed by atoms with Crippen molar-refractivity contribution in [2.24, 2.45) is 11.8 Å². The van der Waals surface area contributed by atoms with E-state index in [0.29, 0.717) is 29.4 Å². The van der Waals surface area contributed by atoms with Gasteiger partial charge in [0.05, 0.1) is 11.5 Å². The molecule has 108 valence electrons. The van der Waals surface area contributed by atoms with E-state index in [0.717, 1.165) is 13.0 Å². The SMILES string of the molecule is CC(C)NCC(C[Si](C)(C)C)C1CCS(=O)(=O)C1. The Bertz CT molecular complexity index is 360. The fourth-order valence-electron chi connectivity index (χ4n) is 2.77. The van der Waals surface area contributed by atoms with Crippen molar-refractivity contribution < 1.29 is 8.42 Å². The van der Waals surface area contributed by atoms with E-state index in [9.17, 15) is 8.42 Å². The van der Waals surface area contributed by atoms with Gasteiger partial charge < -0.3 is 5.32 Å². The number of rotatable bonds is 6. The van der Waals surface area contributed by atoms with E-state index in [1.165, 1.54) is 6.04 Å². The molecule has 1 heterocycles. The second kappa shape index (κ2) is 6.05. The van der Waals surface area contributed by atoms with Crippen molar-refractivity contribution in [1.82, 2.24) is 5.32 Å². The van der Waals surface area contributed by atoms with Crippen LogP contribution in [0.15, 0.2) is 0 Å². The minimum absolute atomic E-state index is 0.382. The lowest BCUT2D eigenvalue weighted by atomic mass is 9.93. The zero-order valence-electron chi connectivity index (χ0n) is 12.5. The summed E-state index contributed by atoms with van der Waals surface area (Å²) in [6, 6.07) is 1.71. The smallest absolute Gasteiger partial charge is 0.150 e. The summed E-state index contributed by atoms with van der Waals surface area (Å²) < 4.78 is 23.3. The normalized spacial score (nSPS) is 25.6. The molecule has 2 unspecified atom stereocenters. The van der Waals surface area contributed by atoms with Gasteiger partial charge in [-0.1, -0.05) is 39.5 Å². The molecule has 0 aromatic carbocycles. The third-order valence-electron chi connectivity index (χ3n) is 3.60. The van der Waals surface area contributed by atoms with E-state index in [1.54, 1.807) is 0 Å². The Hall–Kier alpha value is 0.127. The van der Waals surface area contributed by atoms with Crippen LogP contribution in [-0.2, 0) is 9.84 Å². The van der Waals surface area contributed by atoms with Crippen LogP contribution in [0.2, 0.25) is 25.7 Å². The third kappa shape index (κ3) is 5.84. The van der Waals surface area contributed by atoms with Crippen LogP contribution in [-0.4, -0.2) is 40.6 Å². The van der Waals surface area contributed by atoms with E-state index >= 15 is 0 Å². The highest BCUT2D eigenvalue weighted by molar-refractivity contribution is 7.91. The lowest BCUT2D eigenvalue weighted by molar-refractivity contribution is 0.358. The van der Waals surface area contributed by atoms with Crippen LogP contribution >= 0.6 is 0 Å². The summed E-state index contributed by atoms with van der Waals surface area (Å²) in [5.41, 5.74) is 0. The van der Waals surface area contributed by atoms with Gasteiger partial charge in [0, 0.05) is 14.1 Å². The van der Waals surface area contributed by atoms with Crippen LogP contribution in [0, 0.1) is 11.8 Å². The second-order valence-corrected chi connectivity index (χ2v) is 15.0. The van der Waals surface area contributed by atoms with Crippen molar-refractivity contribution in [3.05, 3.63) is 0 Å². The Labute approximate surface area is 114 Å². The van der Waals surface area contributed by atoms with Gasteiger partial charge in [-0.25, -0.2) is 8.42 Å². The molecule has 0 amide bonds. The molecule has 0 aromatic rings. The van der Waals surface area contributed by atoms with Crippen molar-refractivity contribution in [2.75, 3.05) is 18.1 Å². The van der Waals surface area contributed by atoms with Crippen LogP contribution in [0.25, 0.3) is 0 Å². The number of sulfone groups is 1. The van der Waals surface area contributed by atoms with E-state index in [2.05, 4.69) is 38.8 Å². The minimum atomic E-state index is -2.75. The molecular formula is C13H29NO2SSi. The largest absolute Gasteiger partial charge is 0.314 e. The van der Waals surface area contributed by atoms with Gasteiger partial charge in [0.25, 0.3) is 0 Å². The lowest BCUT2D eigenvalue weighted by Gasteiger charge is -2.29. The summed E-state index contributed by atoms with van der Waals surface area (Å²) in [6.45, 7) is 12.4. The standard InChI is InChI=1S/C13H29NO2SSi/c1-11(2)14-8-13(10-18(3,4)5)12-6-7-17(15,16)9-12/h11-14H,6-10H2,1-5H3. The van der Waals surface area contributed by atoms with Crippen LogP contribution in [0.1, 0.15) is 20.3 Å². The summed E-state index contributed by atoms with van der Waals surface area (Å²) in [5, 5.41) is 3.50. The zero-order valence-corrected chi connectivity index (χ0v) is 14.3. The monoisotopic (exact) mass is 291 g/mol. The van der Waals surface area contributed by atoms with Crippen molar-refractivity contribution >= 4 is 17.9 Å². The van der Waals surface area contributed by atoms with Gasteiger partial charge in [-0.15, -0.1) is 0 Å². The molecule has 18 heavy (non-hydrogen) atoms. The second-order valence-electron chi connectivity index (χ2n) is 7.25. The number of hydrogen-bond donors (Lipinski definition) is 1. The maximum absolute atomic E-state index is 11.6. The highest BCUT2D eigenvalue weighted by atomic mass is 32.2. The molecule has 1 rings (SSSR count). The summed E-state index contributed by atoms with van der Waals surface area (Å²) >= 11 is 0. The Morgan fingerprint density at radius 1 is 1.28 bits per heavy atom. The van der Waals surface area contributed by atoms with Gasteiger partial charge in [-0.05, 0) is 24.8 Å². The fraction of sp³-hybridized carbons (Fsp3) is 1.00. The quantitative estimate of drug-likeness (QED) is 0.764. The molecule has 3 nitrogen and oxygen atoms in total. The van der Waals surface area contributed by atoms with Crippen molar-refractivity contribution in [3.8, 4) is 0 Å². The lowest BCUT2D eigenvalue weighted by Crippen LogP contribution is -2.37. The van der Waals surface area contributed by atoms with E-state index < -0.39 is 17.9 Å². The predicted octanol–water partition coefficient (Wildman–Crippen LogP) is 2.37. The van der Waals surface area contributed by atoms with Crippen LogP contribution in [0.4, 0.5) is 0 Å². The highest BCUT2D eigenvalue weighted by Crippen LogP contribution is 2.31. The first-order chi connectivity index (χ1) is 8.09. The summed E-state index contributed by atoms with van der Waals surface area (Å²) in [5.74, 6) is 1.74. The molecule has 1 fully saturated rings. The first-order valence-corrected chi connectivity index (χ1v) is 12.6. The average molecular weight is 292 g/mol. The fourth-order valence-corrected chi connectivity index (χ4v) is 6.75. The highest BCUT2D eigenvalue weighted by Gasteiger charge is 2.35. The summed E-state index contributed by atoms with van der Waals surface area (Å²) in [6.07, 6.45) is 0.872. The van der Waals surface area contributed by atoms with Gasteiger partial charge in [-0.2, -0.15) is 0 Å². The molecule has 0 spiro atoms. The summed E-state index contributed by atoms with van der Waals surface area (Å²) in [7, 11) is -3.89. The Balaban J connectivity index is 2.65. The molecule has 5 heteroatoms. The molecule has 0 saturated carbocycles. The summed E-state index contributed by atoms with van der Waals surface area (Å²) in [4.78, 5) is 0. The van der Waals surface area contributed by atoms with Gasteiger partial charge >= 0.3 is 0 Å².